The molecule has 3 N–H and O–H groups in total. The zero-order valence-electron chi connectivity index (χ0n) is 10.3. The minimum absolute atomic E-state index is 0.0124. The molecular formula is C11H8BrN5O4. The highest BCUT2D eigenvalue weighted by Crippen LogP contribution is 2.32. The molecule has 9 nitrogen and oxygen atoms in total. The van der Waals surface area contributed by atoms with Crippen molar-refractivity contribution in [1.29, 1.82) is 0 Å². The molecule has 1 aromatic heterocycles. The third-order valence-corrected chi connectivity index (χ3v) is 3.00. The molecule has 0 atom stereocenters. The van der Waals surface area contributed by atoms with Crippen LogP contribution in [0.4, 0.5) is 5.69 Å². The Morgan fingerprint density at radius 3 is 2.81 bits per heavy atom. The highest BCUT2D eigenvalue weighted by molar-refractivity contribution is 9.10. The predicted octanol–water partition coefficient (Wildman–Crippen LogP) is 2.03. The number of aromatic nitrogens is 2. The van der Waals surface area contributed by atoms with E-state index < -0.39 is 4.92 Å². The third kappa shape index (κ3) is 3.23. The number of oxime groups is 1. The SMILES string of the molecule is N/C(=N/O)c1nccnc1Oc1cc([N+](=O)[O-])ccc1Br. The second-order valence-corrected chi connectivity index (χ2v) is 4.52. The Morgan fingerprint density at radius 2 is 2.14 bits per heavy atom. The molecule has 0 aliphatic heterocycles. The molecule has 0 spiro atoms. The Bertz CT molecular complexity index is 722. The van der Waals surface area contributed by atoms with Crippen LogP contribution in [0, 0.1) is 10.1 Å². The summed E-state index contributed by atoms with van der Waals surface area (Å²) in [6.45, 7) is 0. The molecule has 0 fully saturated rings. The normalized spacial score (nSPS) is 11.2. The molecule has 0 aliphatic rings. The van der Waals surface area contributed by atoms with E-state index in [0.717, 1.165) is 0 Å². The van der Waals surface area contributed by atoms with Gasteiger partial charge in [-0.3, -0.25) is 10.1 Å². The largest absolute Gasteiger partial charge is 0.435 e. The summed E-state index contributed by atoms with van der Waals surface area (Å²) in [6.07, 6.45) is 2.68. The molecule has 108 valence electrons. The van der Waals surface area contributed by atoms with Crippen LogP contribution in [-0.2, 0) is 0 Å². The van der Waals surface area contributed by atoms with Crippen LogP contribution in [0.25, 0.3) is 0 Å². The average Bonchev–Trinajstić information content (AvgIpc) is 2.49. The van der Waals surface area contributed by atoms with Gasteiger partial charge >= 0.3 is 0 Å². The van der Waals surface area contributed by atoms with Gasteiger partial charge in [-0.15, -0.1) is 0 Å². The monoisotopic (exact) mass is 353 g/mol. The number of ether oxygens (including phenoxy) is 1. The predicted molar refractivity (Wildman–Crippen MR) is 75.4 cm³/mol. The van der Waals surface area contributed by atoms with Crippen molar-refractivity contribution >= 4 is 27.5 Å². The first-order valence-corrected chi connectivity index (χ1v) is 6.23. The Balaban J connectivity index is 2.43. The number of non-ortho nitro benzene ring substituents is 1. The minimum atomic E-state index is -0.555. The van der Waals surface area contributed by atoms with Gasteiger partial charge in [-0.2, -0.15) is 0 Å². The second-order valence-electron chi connectivity index (χ2n) is 3.67. The van der Waals surface area contributed by atoms with E-state index in [1.165, 1.54) is 30.6 Å². The number of rotatable bonds is 4. The van der Waals surface area contributed by atoms with Gasteiger partial charge in [0.25, 0.3) is 5.69 Å². The van der Waals surface area contributed by atoms with Crippen molar-refractivity contribution in [3.8, 4) is 11.6 Å². The van der Waals surface area contributed by atoms with Crippen molar-refractivity contribution in [3.63, 3.8) is 0 Å². The summed E-state index contributed by atoms with van der Waals surface area (Å²) in [4.78, 5) is 18.0. The van der Waals surface area contributed by atoms with Crippen LogP contribution in [-0.4, -0.2) is 25.9 Å². The zero-order chi connectivity index (χ0) is 15.4. The van der Waals surface area contributed by atoms with Crippen molar-refractivity contribution in [2.24, 2.45) is 10.9 Å². The lowest BCUT2D eigenvalue weighted by atomic mass is 10.3. The molecule has 0 aliphatic carbocycles. The van der Waals surface area contributed by atoms with E-state index in [0.29, 0.717) is 4.47 Å². The van der Waals surface area contributed by atoms with Crippen LogP contribution in [0.3, 0.4) is 0 Å². The lowest BCUT2D eigenvalue weighted by Gasteiger charge is -2.09. The number of benzene rings is 1. The number of amidine groups is 1. The molecule has 0 saturated heterocycles. The topological polar surface area (TPSA) is 137 Å². The van der Waals surface area contributed by atoms with E-state index in [1.54, 1.807) is 0 Å². The maximum atomic E-state index is 10.8. The van der Waals surface area contributed by atoms with Gasteiger partial charge in [-0.25, -0.2) is 9.97 Å². The number of nitrogens with two attached hydrogens (primary N) is 1. The van der Waals surface area contributed by atoms with Crippen LogP contribution in [0.15, 0.2) is 40.2 Å². The third-order valence-electron chi connectivity index (χ3n) is 2.35. The number of halogens is 1. The fraction of sp³-hybridized carbons (Fsp3) is 0. The molecule has 0 saturated carbocycles. The Labute approximate surface area is 126 Å². The molecule has 0 amide bonds. The number of nitro benzene ring substituents is 1. The molecule has 1 heterocycles. The first-order valence-electron chi connectivity index (χ1n) is 5.43. The van der Waals surface area contributed by atoms with Crippen LogP contribution in [0.5, 0.6) is 11.6 Å². The van der Waals surface area contributed by atoms with E-state index in [9.17, 15) is 10.1 Å². The molecule has 2 aromatic rings. The lowest BCUT2D eigenvalue weighted by molar-refractivity contribution is -0.384. The molecule has 1 aromatic carbocycles. The average molecular weight is 354 g/mol. The fourth-order valence-electron chi connectivity index (χ4n) is 1.41. The summed E-state index contributed by atoms with van der Waals surface area (Å²) >= 11 is 3.21. The Hall–Kier alpha value is -2.75. The zero-order valence-corrected chi connectivity index (χ0v) is 11.9. The standard InChI is InChI=1S/C11H8BrN5O4/c12-7-2-1-6(17(19)20)5-8(7)21-11-9(10(13)16-18)14-3-4-15-11/h1-5,18H,(H2,13,16). The van der Waals surface area contributed by atoms with E-state index in [-0.39, 0.29) is 28.8 Å². The van der Waals surface area contributed by atoms with Gasteiger partial charge in [0.1, 0.15) is 0 Å². The molecule has 0 unspecified atom stereocenters. The molecule has 0 radical (unpaired) electrons. The van der Waals surface area contributed by atoms with Crippen LogP contribution in [0.2, 0.25) is 0 Å². The molecule has 21 heavy (non-hydrogen) atoms. The number of nitro groups is 1. The van der Waals surface area contributed by atoms with E-state index in [4.69, 9.17) is 15.7 Å². The van der Waals surface area contributed by atoms with Gasteiger partial charge in [-0.05, 0) is 22.0 Å². The summed E-state index contributed by atoms with van der Waals surface area (Å²) in [6, 6.07) is 4.00. The lowest BCUT2D eigenvalue weighted by Crippen LogP contribution is -2.16. The van der Waals surface area contributed by atoms with Gasteiger partial charge in [0, 0.05) is 18.5 Å². The van der Waals surface area contributed by atoms with E-state index >= 15 is 0 Å². The van der Waals surface area contributed by atoms with Gasteiger partial charge in [0.2, 0.25) is 5.88 Å². The second kappa shape index (κ2) is 6.13. The first-order chi connectivity index (χ1) is 10.0. The highest BCUT2D eigenvalue weighted by atomic mass is 79.9. The molecule has 2 rings (SSSR count). The molecule has 10 heteroatoms. The van der Waals surface area contributed by atoms with E-state index in [1.807, 2.05) is 0 Å². The minimum Gasteiger partial charge on any atom is -0.435 e. The van der Waals surface area contributed by atoms with Gasteiger partial charge in [0.15, 0.2) is 17.3 Å². The number of hydrogen-bond donors (Lipinski definition) is 2. The Morgan fingerprint density at radius 1 is 1.43 bits per heavy atom. The van der Waals surface area contributed by atoms with Gasteiger partial charge in [-0.1, -0.05) is 5.16 Å². The van der Waals surface area contributed by atoms with Crippen LogP contribution in [0.1, 0.15) is 5.69 Å². The van der Waals surface area contributed by atoms with Crippen LogP contribution < -0.4 is 10.5 Å². The maximum absolute atomic E-state index is 10.8. The summed E-state index contributed by atoms with van der Waals surface area (Å²) in [5.74, 6) is -0.189. The maximum Gasteiger partial charge on any atom is 0.273 e. The highest BCUT2D eigenvalue weighted by Gasteiger charge is 2.16. The van der Waals surface area contributed by atoms with Gasteiger partial charge < -0.3 is 15.7 Å². The Kier molecular flexibility index (Phi) is 4.28. The van der Waals surface area contributed by atoms with Crippen molar-refractivity contribution in [2.45, 2.75) is 0 Å². The van der Waals surface area contributed by atoms with Crippen LogP contribution >= 0.6 is 15.9 Å². The molecular weight excluding hydrogens is 346 g/mol. The van der Waals surface area contributed by atoms with Crippen molar-refractivity contribution < 1.29 is 14.9 Å². The van der Waals surface area contributed by atoms with Crippen molar-refractivity contribution in [1.82, 2.24) is 9.97 Å². The van der Waals surface area contributed by atoms with Crippen molar-refractivity contribution in [3.05, 3.63) is 50.9 Å². The van der Waals surface area contributed by atoms with Gasteiger partial charge in [0.05, 0.1) is 15.5 Å². The molecule has 0 bridgehead atoms. The quantitative estimate of drug-likeness (QED) is 0.282. The number of nitrogens with zero attached hydrogens (tertiary/aromatic N) is 4. The summed E-state index contributed by atoms with van der Waals surface area (Å²) in [7, 11) is 0. The smallest absolute Gasteiger partial charge is 0.273 e. The van der Waals surface area contributed by atoms with Crippen molar-refractivity contribution in [2.75, 3.05) is 0 Å². The first kappa shape index (κ1) is 14.7. The van der Waals surface area contributed by atoms with E-state index in [2.05, 4.69) is 31.1 Å². The summed E-state index contributed by atoms with van der Waals surface area (Å²) < 4.78 is 5.93. The fourth-order valence-corrected chi connectivity index (χ4v) is 1.74. The number of hydrogen-bond acceptors (Lipinski definition) is 7. The summed E-state index contributed by atoms with van der Waals surface area (Å²) in [5, 5.41) is 22.3. The summed E-state index contributed by atoms with van der Waals surface area (Å²) in [5.41, 5.74) is 5.32.